The molecule has 6 nitrogen and oxygen atoms in total. The first-order valence-corrected chi connectivity index (χ1v) is 8.36. The molecule has 0 aliphatic rings. The fraction of sp³-hybridized carbons (Fsp3) is 0.167. The van der Waals surface area contributed by atoms with Crippen molar-refractivity contribution in [3.63, 3.8) is 0 Å². The van der Waals surface area contributed by atoms with Crippen LogP contribution in [-0.4, -0.2) is 24.4 Å². The van der Waals surface area contributed by atoms with Gasteiger partial charge in [-0.25, -0.2) is 0 Å². The van der Waals surface area contributed by atoms with Gasteiger partial charge in [0, 0.05) is 17.6 Å². The molecule has 0 bridgehead atoms. The number of hydrogen-bond acceptors (Lipinski definition) is 4. The van der Waals surface area contributed by atoms with Crippen LogP contribution in [0.15, 0.2) is 42.5 Å². The summed E-state index contributed by atoms with van der Waals surface area (Å²) >= 11 is 11.7. The molecule has 0 aliphatic carbocycles. The third kappa shape index (κ3) is 6.38. The first-order valence-electron chi connectivity index (χ1n) is 7.60. The maximum atomic E-state index is 11.8. The minimum Gasteiger partial charge on any atom is -0.455 e. The van der Waals surface area contributed by atoms with Gasteiger partial charge in [0.05, 0.1) is 17.1 Å². The topological polar surface area (TPSA) is 84.5 Å². The number of carbonyl (C=O) groups excluding carboxylic acids is 3. The second-order valence-electron chi connectivity index (χ2n) is 5.39. The molecule has 2 N–H and O–H groups in total. The summed E-state index contributed by atoms with van der Waals surface area (Å²) in [4.78, 5) is 34.6. The predicted octanol–water partition coefficient (Wildman–Crippen LogP) is 3.68. The van der Waals surface area contributed by atoms with Crippen LogP contribution in [0.3, 0.4) is 0 Å². The van der Waals surface area contributed by atoms with Gasteiger partial charge < -0.3 is 15.4 Å². The predicted molar refractivity (Wildman–Crippen MR) is 101 cm³/mol. The average molecular weight is 395 g/mol. The van der Waals surface area contributed by atoms with Gasteiger partial charge in [-0.15, -0.1) is 0 Å². The van der Waals surface area contributed by atoms with Crippen LogP contribution in [0.1, 0.15) is 12.5 Å². The van der Waals surface area contributed by atoms with Gasteiger partial charge in [-0.1, -0.05) is 35.3 Å². The van der Waals surface area contributed by atoms with Crippen molar-refractivity contribution < 1.29 is 19.1 Å². The molecule has 2 rings (SSSR count). The molecule has 2 amide bonds. The smallest absolute Gasteiger partial charge is 0.310 e. The number of esters is 1. The van der Waals surface area contributed by atoms with Crippen molar-refractivity contribution in [2.75, 3.05) is 17.2 Å². The first-order chi connectivity index (χ1) is 12.3. The van der Waals surface area contributed by atoms with Gasteiger partial charge >= 0.3 is 5.97 Å². The number of benzene rings is 2. The number of halogens is 2. The molecule has 0 heterocycles. The molecule has 8 heteroatoms. The molecule has 0 aliphatic heterocycles. The fourth-order valence-corrected chi connectivity index (χ4v) is 2.51. The van der Waals surface area contributed by atoms with E-state index in [4.69, 9.17) is 27.9 Å². The largest absolute Gasteiger partial charge is 0.455 e. The van der Waals surface area contributed by atoms with Gasteiger partial charge in [-0.3, -0.25) is 14.4 Å². The average Bonchev–Trinajstić information content (AvgIpc) is 2.57. The van der Waals surface area contributed by atoms with E-state index in [2.05, 4.69) is 10.6 Å². The van der Waals surface area contributed by atoms with Crippen molar-refractivity contribution in [1.82, 2.24) is 0 Å². The number of anilines is 2. The number of nitrogens with one attached hydrogen (secondary N) is 2. The van der Waals surface area contributed by atoms with Crippen molar-refractivity contribution in [3.8, 4) is 0 Å². The highest BCUT2D eigenvalue weighted by molar-refractivity contribution is 6.36. The lowest BCUT2D eigenvalue weighted by Gasteiger charge is -2.09. The molecular weight excluding hydrogens is 379 g/mol. The van der Waals surface area contributed by atoms with E-state index < -0.39 is 18.5 Å². The quantitative estimate of drug-likeness (QED) is 0.731. The highest BCUT2D eigenvalue weighted by atomic mass is 35.5. The van der Waals surface area contributed by atoms with Gasteiger partial charge in [0.1, 0.15) is 0 Å². The Morgan fingerprint density at radius 1 is 1.00 bits per heavy atom. The molecule has 0 spiro atoms. The van der Waals surface area contributed by atoms with E-state index in [1.807, 2.05) is 0 Å². The Balaban J connectivity index is 1.80. The zero-order valence-electron chi connectivity index (χ0n) is 13.8. The van der Waals surface area contributed by atoms with Crippen LogP contribution in [0.2, 0.25) is 10.0 Å². The standard InChI is InChI=1S/C18H16Cl2N2O4/c1-11(23)21-14-5-2-12(3-6-14)8-18(25)26-10-17(24)22-16-7-4-13(19)9-15(16)20/h2-7,9H,8,10H2,1H3,(H,21,23)(H,22,24). The van der Waals surface area contributed by atoms with Gasteiger partial charge in [0.25, 0.3) is 5.91 Å². The number of amides is 2. The van der Waals surface area contributed by atoms with Crippen molar-refractivity contribution in [3.05, 3.63) is 58.1 Å². The van der Waals surface area contributed by atoms with Gasteiger partial charge in [-0.05, 0) is 35.9 Å². The molecule has 136 valence electrons. The normalized spacial score (nSPS) is 10.1. The third-order valence-corrected chi connectivity index (χ3v) is 3.74. The summed E-state index contributed by atoms with van der Waals surface area (Å²) in [6, 6.07) is 11.4. The monoisotopic (exact) mass is 394 g/mol. The highest BCUT2D eigenvalue weighted by Crippen LogP contribution is 2.25. The Hall–Kier alpha value is -2.57. The van der Waals surface area contributed by atoms with Crippen molar-refractivity contribution in [1.29, 1.82) is 0 Å². The molecule has 0 saturated carbocycles. The number of ether oxygens (including phenoxy) is 1. The first kappa shape index (κ1) is 19.8. The molecule has 0 aromatic heterocycles. The van der Waals surface area contributed by atoms with E-state index >= 15 is 0 Å². The minimum absolute atomic E-state index is 0.00926. The molecule has 26 heavy (non-hydrogen) atoms. The summed E-state index contributed by atoms with van der Waals surface area (Å²) in [5.74, 6) is -1.23. The summed E-state index contributed by atoms with van der Waals surface area (Å²) in [5.41, 5.74) is 1.71. The number of hydrogen-bond donors (Lipinski definition) is 2. The van der Waals surface area contributed by atoms with Crippen LogP contribution in [0.25, 0.3) is 0 Å². The lowest BCUT2D eigenvalue weighted by Crippen LogP contribution is -2.21. The van der Waals surface area contributed by atoms with E-state index in [1.165, 1.54) is 13.0 Å². The summed E-state index contributed by atoms with van der Waals surface area (Å²) in [6.45, 7) is 0.981. The minimum atomic E-state index is -0.547. The van der Waals surface area contributed by atoms with E-state index in [0.29, 0.717) is 22.0 Å². The maximum absolute atomic E-state index is 11.8. The Bertz CT molecular complexity index is 822. The molecule has 0 atom stereocenters. The van der Waals surface area contributed by atoms with Gasteiger partial charge in [0.2, 0.25) is 5.91 Å². The SMILES string of the molecule is CC(=O)Nc1ccc(CC(=O)OCC(=O)Nc2ccc(Cl)cc2Cl)cc1. The van der Waals surface area contributed by atoms with Crippen LogP contribution >= 0.6 is 23.2 Å². The zero-order valence-corrected chi connectivity index (χ0v) is 15.4. The molecule has 0 fully saturated rings. The lowest BCUT2D eigenvalue weighted by atomic mass is 10.1. The number of rotatable bonds is 6. The Kier molecular flexibility index (Phi) is 7.00. The van der Waals surface area contributed by atoms with Crippen molar-refractivity contribution >= 4 is 52.4 Å². The summed E-state index contributed by atoms with van der Waals surface area (Å²) in [6.07, 6.45) is 0.00926. The Labute approximate surface area is 160 Å². The molecule has 0 radical (unpaired) electrons. The summed E-state index contributed by atoms with van der Waals surface area (Å²) < 4.78 is 4.95. The van der Waals surface area contributed by atoms with Crippen LogP contribution in [-0.2, 0) is 25.5 Å². The van der Waals surface area contributed by atoms with Crippen molar-refractivity contribution in [2.24, 2.45) is 0 Å². The molecular formula is C18H16Cl2N2O4. The lowest BCUT2D eigenvalue weighted by molar-refractivity contribution is -0.146. The van der Waals surface area contributed by atoms with Gasteiger partial charge in [0.15, 0.2) is 6.61 Å². The zero-order chi connectivity index (χ0) is 19.1. The molecule has 2 aromatic carbocycles. The number of carbonyl (C=O) groups is 3. The van der Waals surface area contributed by atoms with E-state index in [9.17, 15) is 14.4 Å². The van der Waals surface area contributed by atoms with Crippen LogP contribution in [0.5, 0.6) is 0 Å². The summed E-state index contributed by atoms with van der Waals surface area (Å²) in [7, 11) is 0. The maximum Gasteiger partial charge on any atom is 0.310 e. The highest BCUT2D eigenvalue weighted by Gasteiger charge is 2.11. The second kappa shape index (κ2) is 9.22. The van der Waals surface area contributed by atoms with E-state index in [-0.39, 0.29) is 17.4 Å². The Morgan fingerprint density at radius 2 is 1.69 bits per heavy atom. The second-order valence-corrected chi connectivity index (χ2v) is 6.23. The molecule has 0 unspecified atom stereocenters. The van der Waals surface area contributed by atoms with Crippen LogP contribution in [0, 0.1) is 0 Å². The van der Waals surface area contributed by atoms with Crippen molar-refractivity contribution in [2.45, 2.75) is 13.3 Å². The molecule has 0 saturated heterocycles. The van der Waals surface area contributed by atoms with E-state index in [0.717, 1.165) is 0 Å². The fourth-order valence-electron chi connectivity index (χ4n) is 2.05. The third-order valence-electron chi connectivity index (χ3n) is 3.19. The Morgan fingerprint density at radius 3 is 2.31 bits per heavy atom. The van der Waals surface area contributed by atoms with E-state index in [1.54, 1.807) is 36.4 Å². The van der Waals surface area contributed by atoms with Crippen LogP contribution < -0.4 is 10.6 Å². The molecule has 2 aromatic rings. The summed E-state index contributed by atoms with van der Waals surface area (Å²) in [5, 5.41) is 5.90. The van der Waals surface area contributed by atoms with Crippen LogP contribution in [0.4, 0.5) is 11.4 Å². The van der Waals surface area contributed by atoms with Gasteiger partial charge in [-0.2, -0.15) is 0 Å².